The van der Waals surface area contributed by atoms with E-state index >= 15 is 0 Å². The van der Waals surface area contributed by atoms with Gasteiger partial charge in [-0.25, -0.2) is 8.42 Å². The summed E-state index contributed by atoms with van der Waals surface area (Å²) in [5, 5.41) is 6.74. The van der Waals surface area contributed by atoms with E-state index in [0.29, 0.717) is 18.0 Å². The molecule has 2 aliphatic rings. The lowest BCUT2D eigenvalue weighted by Crippen LogP contribution is -2.42. The van der Waals surface area contributed by atoms with Gasteiger partial charge in [0.1, 0.15) is 5.75 Å². The number of ether oxygens (including phenoxy) is 2. The number of anilines is 1. The molecule has 0 spiro atoms. The Morgan fingerprint density at radius 2 is 2.19 bits per heavy atom. The average molecular weight is 378 g/mol. The number of nitrogens with one attached hydrogen (secondary N) is 1. The van der Waals surface area contributed by atoms with E-state index in [0.717, 1.165) is 5.56 Å². The molecule has 1 atom stereocenters. The summed E-state index contributed by atoms with van der Waals surface area (Å²) >= 11 is 0. The molecular formula is C16H18N4O5S. The van der Waals surface area contributed by atoms with E-state index in [1.165, 1.54) is 16.4 Å². The van der Waals surface area contributed by atoms with Crippen molar-refractivity contribution in [3.8, 4) is 5.75 Å². The topological polar surface area (TPSA) is 103 Å². The van der Waals surface area contributed by atoms with Crippen molar-refractivity contribution in [3.05, 3.63) is 36.2 Å². The Bertz CT molecular complexity index is 955. The van der Waals surface area contributed by atoms with E-state index in [9.17, 15) is 13.2 Å². The summed E-state index contributed by atoms with van der Waals surface area (Å²) < 4.78 is 40.1. The number of aromatic nitrogens is 2. The van der Waals surface area contributed by atoms with Crippen LogP contribution in [0.5, 0.6) is 5.75 Å². The van der Waals surface area contributed by atoms with Crippen molar-refractivity contribution in [3.63, 3.8) is 0 Å². The summed E-state index contributed by atoms with van der Waals surface area (Å²) in [5.41, 5.74) is 1.19. The molecule has 9 nitrogen and oxygen atoms in total. The van der Waals surface area contributed by atoms with Crippen LogP contribution in [-0.4, -0.2) is 54.7 Å². The highest BCUT2D eigenvalue weighted by Gasteiger charge is 2.33. The zero-order chi connectivity index (χ0) is 18.3. The lowest BCUT2D eigenvalue weighted by molar-refractivity contribution is -0.118. The van der Waals surface area contributed by atoms with Gasteiger partial charge < -0.3 is 14.8 Å². The van der Waals surface area contributed by atoms with Gasteiger partial charge in [0.2, 0.25) is 10.0 Å². The lowest BCUT2D eigenvalue weighted by Gasteiger charge is -2.32. The first-order chi connectivity index (χ1) is 12.4. The Hall–Kier alpha value is -2.43. The van der Waals surface area contributed by atoms with Crippen LogP contribution in [0.25, 0.3) is 0 Å². The standard InChI is InChI=1S/C16H18N4O5S/c1-19-8-11(7-17-19)15-9-20(4-5-24-15)26(22,23)12-2-3-14-13(6-12)18-16(21)10-25-14/h2-3,6-8,15H,4-5,9-10H2,1H3,(H,18,21). The summed E-state index contributed by atoms with van der Waals surface area (Å²) in [6.07, 6.45) is 3.12. The number of morpholine rings is 1. The highest BCUT2D eigenvalue weighted by molar-refractivity contribution is 7.89. The smallest absolute Gasteiger partial charge is 0.262 e. The van der Waals surface area contributed by atoms with E-state index in [-0.39, 0.29) is 36.6 Å². The fourth-order valence-corrected chi connectivity index (χ4v) is 4.48. The van der Waals surface area contributed by atoms with Crippen LogP contribution in [0.3, 0.4) is 0 Å². The SMILES string of the molecule is Cn1cc(C2CN(S(=O)(=O)c3ccc4c(c3)NC(=O)CO4)CCO2)cn1. The third kappa shape index (κ3) is 3.06. The van der Waals surface area contributed by atoms with Gasteiger partial charge in [0.25, 0.3) is 5.91 Å². The van der Waals surface area contributed by atoms with Gasteiger partial charge in [-0.3, -0.25) is 9.48 Å². The first-order valence-corrected chi connectivity index (χ1v) is 9.54. The van der Waals surface area contributed by atoms with Gasteiger partial charge in [0.05, 0.1) is 29.5 Å². The minimum atomic E-state index is -3.73. The Balaban J connectivity index is 1.60. The van der Waals surface area contributed by atoms with Crippen molar-refractivity contribution in [1.29, 1.82) is 0 Å². The molecular weight excluding hydrogens is 360 g/mol. The second-order valence-electron chi connectivity index (χ2n) is 6.16. The molecule has 0 bridgehead atoms. The van der Waals surface area contributed by atoms with Crippen molar-refractivity contribution >= 4 is 21.6 Å². The number of rotatable bonds is 3. The molecule has 0 radical (unpaired) electrons. The monoisotopic (exact) mass is 378 g/mol. The second-order valence-corrected chi connectivity index (χ2v) is 8.10. The summed E-state index contributed by atoms with van der Waals surface area (Å²) in [4.78, 5) is 11.6. The zero-order valence-electron chi connectivity index (χ0n) is 14.1. The van der Waals surface area contributed by atoms with Crippen LogP contribution in [0.2, 0.25) is 0 Å². The molecule has 3 heterocycles. The summed E-state index contributed by atoms with van der Waals surface area (Å²) in [6, 6.07) is 4.47. The van der Waals surface area contributed by atoms with Gasteiger partial charge in [-0.05, 0) is 18.2 Å². The minimum Gasteiger partial charge on any atom is -0.482 e. The predicted octanol–water partition coefficient (Wildman–Crippen LogP) is 0.513. The van der Waals surface area contributed by atoms with Crippen molar-refractivity contribution in [1.82, 2.24) is 14.1 Å². The van der Waals surface area contributed by atoms with Gasteiger partial charge in [-0.15, -0.1) is 0 Å². The van der Waals surface area contributed by atoms with E-state index in [2.05, 4.69) is 10.4 Å². The molecule has 1 aromatic heterocycles. The number of hydrogen-bond acceptors (Lipinski definition) is 6. The average Bonchev–Trinajstić information content (AvgIpc) is 3.07. The molecule has 26 heavy (non-hydrogen) atoms. The van der Waals surface area contributed by atoms with Crippen LogP contribution in [0.15, 0.2) is 35.5 Å². The van der Waals surface area contributed by atoms with Gasteiger partial charge in [0.15, 0.2) is 6.61 Å². The third-order valence-electron chi connectivity index (χ3n) is 4.35. The molecule has 4 rings (SSSR count). The fourth-order valence-electron chi connectivity index (χ4n) is 3.02. The van der Waals surface area contributed by atoms with Gasteiger partial charge in [0, 0.05) is 31.9 Å². The van der Waals surface area contributed by atoms with E-state index < -0.39 is 10.0 Å². The highest BCUT2D eigenvalue weighted by atomic mass is 32.2. The summed E-state index contributed by atoms with van der Waals surface area (Å²) in [6.45, 7) is 0.686. The number of benzene rings is 1. The number of sulfonamides is 1. The molecule has 1 unspecified atom stereocenters. The van der Waals surface area contributed by atoms with Crippen LogP contribution >= 0.6 is 0 Å². The Morgan fingerprint density at radius 1 is 1.35 bits per heavy atom. The maximum absolute atomic E-state index is 13.0. The molecule has 0 aliphatic carbocycles. The number of carbonyl (C=O) groups is 1. The largest absolute Gasteiger partial charge is 0.482 e. The molecule has 2 aromatic rings. The predicted molar refractivity (Wildman–Crippen MR) is 91.2 cm³/mol. The summed E-state index contributed by atoms with van der Waals surface area (Å²) in [5.74, 6) is 0.147. The molecule has 2 aliphatic heterocycles. The third-order valence-corrected chi connectivity index (χ3v) is 6.21. The van der Waals surface area contributed by atoms with Crippen molar-refractivity contribution in [2.75, 3.05) is 31.6 Å². The molecule has 1 N–H and O–H groups in total. The van der Waals surface area contributed by atoms with Crippen LogP contribution in [0.4, 0.5) is 5.69 Å². The van der Waals surface area contributed by atoms with Crippen LogP contribution in [0.1, 0.15) is 11.7 Å². The molecule has 10 heteroatoms. The van der Waals surface area contributed by atoms with Crippen LogP contribution in [0, 0.1) is 0 Å². The van der Waals surface area contributed by atoms with Gasteiger partial charge in [-0.1, -0.05) is 0 Å². The quantitative estimate of drug-likeness (QED) is 0.835. The molecule has 1 aromatic carbocycles. The fraction of sp³-hybridized carbons (Fsp3) is 0.375. The Kier molecular flexibility index (Phi) is 4.17. The highest BCUT2D eigenvalue weighted by Crippen LogP contribution is 2.32. The Morgan fingerprint density at radius 3 is 2.96 bits per heavy atom. The number of hydrogen-bond donors (Lipinski definition) is 1. The van der Waals surface area contributed by atoms with E-state index in [4.69, 9.17) is 9.47 Å². The zero-order valence-corrected chi connectivity index (χ0v) is 14.9. The number of aryl methyl sites for hydroxylation is 1. The summed E-state index contributed by atoms with van der Waals surface area (Å²) in [7, 11) is -1.93. The number of fused-ring (bicyclic) bond motifs is 1. The first kappa shape index (κ1) is 17.0. The maximum atomic E-state index is 13.0. The normalized spacial score (nSPS) is 21.0. The second kappa shape index (κ2) is 6.38. The van der Waals surface area contributed by atoms with Crippen LogP contribution in [-0.2, 0) is 26.6 Å². The van der Waals surface area contributed by atoms with Crippen LogP contribution < -0.4 is 10.1 Å². The maximum Gasteiger partial charge on any atom is 0.262 e. The van der Waals surface area contributed by atoms with Crippen molar-refractivity contribution in [2.45, 2.75) is 11.0 Å². The van der Waals surface area contributed by atoms with Gasteiger partial charge in [-0.2, -0.15) is 9.40 Å². The molecule has 138 valence electrons. The van der Waals surface area contributed by atoms with E-state index in [1.807, 2.05) is 6.20 Å². The molecule has 1 saturated heterocycles. The van der Waals surface area contributed by atoms with Gasteiger partial charge >= 0.3 is 0 Å². The minimum absolute atomic E-state index is 0.0741. The number of nitrogens with zero attached hydrogens (tertiary/aromatic N) is 3. The number of carbonyl (C=O) groups excluding carboxylic acids is 1. The number of amides is 1. The van der Waals surface area contributed by atoms with Crippen molar-refractivity contribution in [2.24, 2.45) is 7.05 Å². The van der Waals surface area contributed by atoms with Crippen molar-refractivity contribution < 1.29 is 22.7 Å². The molecule has 1 fully saturated rings. The molecule has 1 amide bonds. The Labute approximate surface area is 150 Å². The molecule has 0 saturated carbocycles. The first-order valence-electron chi connectivity index (χ1n) is 8.10. The lowest BCUT2D eigenvalue weighted by atomic mass is 10.2. The van der Waals surface area contributed by atoms with E-state index in [1.54, 1.807) is 24.0 Å².